The minimum absolute atomic E-state index is 0.0211. The number of nitrogens with one attached hydrogen (secondary N) is 1. The van der Waals surface area contributed by atoms with Gasteiger partial charge in [-0.2, -0.15) is 4.39 Å². The highest BCUT2D eigenvalue weighted by molar-refractivity contribution is 9.10. The predicted octanol–water partition coefficient (Wildman–Crippen LogP) is 7.06. The van der Waals surface area contributed by atoms with E-state index in [1.165, 1.54) is 66.3 Å². The van der Waals surface area contributed by atoms with Crippen LogP contribution in [0.3, 0.4) is 0 Å². The van der Waals surface area contributed by atoms with Gasteiger partial charge >= 0.3 is 12.2 Å². The van der Waals surface area contributed by atoms with Gasteiger partial charge in [0.2, 0.25) is 5.95 Å². The van der Waals surface area contributed by atoms with E-state index in [2.05, 4.69) is 36.2 Å². The second-order valence-electron chi connectivity index (χ2n) is 15.1. The van der Waals surface area contributed by atoms with E-state index in [-0.39, 0.29) is 34.0 Å². The molecular formula is C38H45BrFN7O8S2. The molecule has 0 aliphatic carbocycles. The SMILES string of the molecule is CC(C)(C)N(CCc1cc(Br)n(S(=O)(=O)c2cccnc2)c1)C(=O)O.Cc1ccc(-c2cc(CC(NC(=O)O)C(C)(C)C)cn2S(=O)(=O)c2cccnc2)c(F)n1. The van der Waals surface area contributed by atoms with Gasteiger partial charge in [-0.25, -0.2) is 39.4 Å². The van der Waals surface area contributed by atoms with Crippen LogP contribution in [-0.4, -0.2) is 85.2 Å². The topological polar surface area (TPSA) is 207 Å². The van der Waals surface area contributed by atoms with Crippen LogP contribution in [0, 0.1) is 18.3 Å². The zero-order valence-electron chi connectivity index (χ0n) is 32.4. The van der Waals surface area contributed by atoms with Crippen molar-refractivity contribution in [2.24, 2.45) is 5.41 Å². The van der Waals surface area contributed by atoms with Gasteiger partial charge in [0.05, 0.1) is 11.3 Å². The van der Waals surface area contributed by atoms with Crippen molar-refractivity contribution >= 4 is 48.2 Å². The Kier molecular flexibility index (Phi) is 13.7. The Morgan fingerprint density at radius 1 is 0.877 bits per heavy atom. The van der Waals surface area contributed by atoms with Crippen molar-refractivity contribution in [1.82, 2.24) is 33.1 Å². The molecule has 0 aliphatic heterocycles. The van der Waals surface area contributed by atoms with Crippen LogP contribution >= 0.6 is 15.9 Å². The third-order valence-electron chi connectivity index (χ3n) is 8.73. The van der Waals surface area contributed by atoms with Gasteiger partial charge in [0, 0.05) is 61.0 Å². The molecule has 0 bridgehead atoms. The van der Waals surface area contributed by atoms with E-state index >= 15 is 0 Å². The summed E-state index contributed by atoms with van der Waals surface area (Å²) in [7, 11) is -7.85. The lowest BCUT2D eigenvalue weighted by Gasteiger charge is -2.33. The van der Waals surface area contributed by atoms with Crippen LogP contribution in [0.15, 0.2) is 100 Å². The Morgan fingerprint density at radius 2 is 1.44 bits per heavy atom. The number of nitrogens with zero attached hydrogens (tertiary/aromatic N) is 6. The molecule has 0 radical (unpaired) electrons. The Morgan fingerprint density at radius 3 is 1.91 bits per heavy atom. The number of hydrogen-bond donors (Lipinski definition) is 3. The highest BCUT2D eigenvalue weighted by Crippen LogP contribution is 2.31. The number of amides is 2. The van der Waals surface area contributed by atoms with Gasteiger partial charge in [0.15, 0.2) is 0 Å². The van der Waals surface area contributed by atoms with E-state index in [0.29, 0.717) is 22.3 Å². The molecule has 0 aliphatic rings. The van der Waals surface area contributed by atoms with Gasteiger partial charge in [-0.05, 0) is 122 Å². The summed E-state index contributed by atoms with van der Waals surface area (Å²) in [5.74, 6) is -0.798. The largest absolute Gasteiger partial charge is 0.465 e. The minimum atomic E-state index is -4.10. The standard InChI is InChI=1S/C22H25FN4O4S.C16H20BrN3O4S/c1-14-7-8-17(20(23)25-14)18-10-15(11-19(22(2,3)4)26-21(28)29)13-27(18)32(30,31)16-6-5-9-24-12-16;1-16(2,3)19(15(21)22)8-6-12-9-14(17)20(11-12)25(23,24)13-5-4-7-18-10-13/h5-10,12-13,19,26H,11H2,1-4H3,(H,28,29);4-5,7,9-11H,6,8H2,1-3H3,(H,21,22). The summed E-state index contributed by atoms with van der Waals surface area (Å²) in [6.45, 7) is 13.0. The van der Waals surface area contributed by atoms with Crippen LogP contribution in [0.2, 0.25) is 0 Å². The molecule has 5 heterocycles. The molecule has 57 heavy (non-hydrogen) atoms. The van der Waals surface area contributed by atoms with Gasteiger partial charge < -0.3 is 20.4 Å². The summed E-state index contributed by atoms with van der Waals surface area (Å²) >= 11 is 3.26. The number of aryl methyl sites for hydroxylation is 1. The third kappa shape index (κ3) is 11.0. The molecule has 0 saturated carbocycles. The first-order valence-corrected chi connectivity index (χ1v) is 21.1. The number of pyridine rings is 3. The molecular weight excluding hydrogens is 845 g/mol. The van der Waals surface area contributed by atoms with Crippen LogP contribution < -0.4 is 5.32 Å². The van der Waals surface area contributed by atoms with Crippen LogP contribution in [0.4, 0.5) is 14.0 Å². The quantitative estimate of drug-likeness (QED) is 0.115. The van der Waals surface area contributed by atoms with Crippen molar-refractivity contribution in [2.45, 2.75) is 82.7 Å². The van der Waals surface area contributed by atoms with Gasteiger partial charge in [-0.3, -0.25) is 9.97 Å². The molecule has 5 aromatic rings. The molecule has 1 unspecified atom stereocenters. The van der Waals surface area contributed by atoms with Crippen molar-refractivity contribution in [3.63, 3.8) is 0 Å². The summed E-state index contributed by atoms with van der Waals surface area (Å²) in [5.41, 5.74) is 0.839. The van der Waals surface area contributed by atoms with Crippen LogP contribution in [0.1, 0.15) is 58.4 Å². The van der Waals surface area contributed by atoms with Crippen LogP contribution in [-0.2, 0) is 32.9 Å². The molecule has 15 nitrogen and oxygen atoms in total. The van der Waals surface area contributed by atoms with Crippen molar-refractivity contribution in [3.8, 4) is 11.3 Å². The van der Waals surface area contributed by atoms with E-state index in [4.69, 9.17) is 0 Å². The zero-order chi connectivity index (χ0) is 42.5. The van der Waals surface area contributed by atoms with E-state index < -0.39 is 55.2 Å². The Balaban J connectivity index is 0.000000261. The van der Waals surface area contributed by atoms with Crippen molar-refractivity contribution in [2.75, 3.05) is 6.54 Å². The van der Waals surface area contributed by atoms with E-state index in [9.17, 15) is 41.0 Å². The predicted molar refractivity (Wildman–Crippen MR) is 214 cm³/mol. The molecule has 5 rings (SSSR count). The van der Waals surface area contributed by atoms with E-state index in [1.54, 1.807) is 31.2 Å². The first-order chi connectivity index (χ1) is 26.4. The fraction of sp³-hybridized carbons (Fsp3) is 0.342. The van der Waals surface area contributed by atoms with Gasteiger partial charge in [0.25, 0.3) is 20.0 Å². The number of halogens is 2. The van der Waals surface area contributed by atoms with Crippen molar-refractivity contribution in [1.29, 1.82) is 0 Å². The Labute approximate surface area is 339 Å². The van der Waals surface area contributed by atoms with Crippen molar-refractivity contribution < 1.29 is 41.0 Å². The fourth-order valence-corrected chi connectivity index (χ4v) is 9.20. The number of carboxylic acid groups (broad SMARTS) is 2. The molecule has 19 heteroatoms. The molecule has 306 valence electrons. The van der Waals surface area contributed by atoms with Gasteiger partial charge in [0.1, 0.15) is 14.4 Å². The Hall–Kier alpha value is -5.14. The molecule has 3 N–H and O–H groups in total. The summed E-state index contributed by atoms with van der Waals surface area (Å²) in [6.07, 6.45) is 6.76. The minimum Gasteiger partial charge on any atom is -0.465 e. The second kappa shape index (κ2) is 17.6. The average Bonchev–Trinajstić information content (AvgIpc) is 3.71. The first-order valence-electron chi connectivity index (χ1n) is 17.5. The molecule has 0 fully saturated rings. The number of aromatic nitrogens is 5. The maximum absolute atomic E-state index is 14.7. The lowest BCUT2D eigenvalue weighted by molar-refractivity contribution is 0.101. The molecule has 0 spiro atoms. The average molecular weight is 891 g/mol. The van der Waals surface area contributed by atoms with Gasteiger partial charge in [-0.15, -0.1) is 0 Å². The summed E-state index contributed by atoms with van der Waals surface area (Å²) in [5, 5.41) is 21.0. The number of hydrogen-bond acceptors (Lipinski definition) is 9. The number of carbonyl (C=O) groups is 2. The maximum Gasteiger partial charge on any atom is 0.407 e. The monoisotopic (exact) mass is 889 g/mol. The molecule has 2 amide bonds. The summed E-state index contributed by atoms with van der Waals surface area (Å²) < 4.78 is 69.2. The lowest BCUT2D eigenvalue weighted by Crippen LogP contribution is -2.45. The van der Waals surface area contributed by atoms with Crippen LogP contribution in [0.5, 0.6) is 0 Å². The van der Waals surface area contributed by atoms with Crippen LogP contribution in [0.25, 0.3) is 11.3 Å². The zero-order valence-corrected chi connectivity index (χ0v) is 35.6. The maximum atomic E-state index is 14.7. The van der Waals surface area contributed by atoms with Gasteiger partial charge in [-0.1, -0.05) is 20.8 Å². The first kappa shape index (κ1) is 44.6. The van der Waals surface area contributed by atoms with E-state index in [1.807, 2.05) is 41.5 Å². The fourth-order valence-electron chi connectivity index (χ4n) is 5.65. The molecule has 1 atom stereocenters. The molecule has 0 saturated heterocycles. The lowest BCUT2D eigenvalue weighted by atomic mass is 9.83. The second-order valence-corrected chi connectivity index (χ2v) is 19.5. The molecule has 5 aromatic heterocycles. The highest BCUT2D eigenvalue weighted by atomic mass is 79.9. The van der Waals surface area contributed by atoms with Crippen molar-refractivity contribution in [3.05, 3.63) is 113 Å². The highest BCUT2D eigenvalue weighted by Gasteiger charge is 2.30. The summed E-state index contributed by atoms with van der Waals surface area (Å²) in [6, 6.07) is 11.7. The summed E-state index contributed by atoms with van der Waals surface area (Å²) in [4.78, 5) is 35.6. The Bertz CT molecular complexity index is 2430. The number of rotatable bonds is 11. The van der Waals surface area contributed by atoms with E-state index in [0.717, 1.165) is 13.5 Å². The third-order valence-corrected chi connectivity index (χ3v) is 12.9. The smallest absolute Gasteiger partial charge is 0.407 e. The normalized spacial score (nSPS) is 12.6. The molecule has 0 aromatic carbocycles.